The Morgan fingerprint density at radius 3 is 2.04 bits per heavy atom. The maximum Gasteiger partial charge on any atom is 0.384 e. The van der Waals surface area contributed by atoms with Crippen molar-refractivity contribution in [2.24, 2.45) is 0 Å². The number of hydrogen-bond acceptors (Lipinski definition) is 2. The van der Waals surface area contributed by atoms with Crippen molar-refractivity contribution in [1.29, 1.82) is 0 Å². The van der Waals surface area contributed by atoms with Gasteiger partial charge in [-0.2, -0.15) is 0 Å². The van der Waals surface area contributed by atoms with Gasteiger partial charge in [-0.15, -0.1) is 0 Å². The van der Waals surface area contributed by atoms with Crippen molar-refractivity contribution in [2.45, 2.75) is 12.5 Å². The van der Waals surface area contributed by atoms with E-state index >= 15 is 0 Å². The molecule has 4 rings (SSSR count). The van der Waals surface area contributed by atoms with Crippen LogP contribution in [0.5, 0.6) is 0 Å². The van der Waals surface area contributed by atoms with Crippen molar-refractivity contribution < 1.29 is 8.85 Å². The number of hydrogen-bond donors (Lipinski definition) is 0. The fourth-order valence-electron chi connectivity index (χ4n) is 3.54. The molecule has 23 heavy (non-hydrogen) atoms. The van der Waals surface area contributed by atoms with Crippen molar-refractivity contribution in [1.82, 2.24) is 0 Å². The fourth-order valence-corrected chi connectivity index (χ4v) is 4.59. The summed E-state index contributed by atoms with van der Waals surface area (Å²) in [5, 5.41) is 8.08. The molecule has 0 bridgehead atoms. The molecule has 0 N–H and O–H groups in total. The maximum atomic E-state index is 5.43. The molecule has 0 fully saturated rings. The lowest BCUT2D eigenvalue weighted by Gasteiger charge is -2.15. The molecule has 0 spiro atoms. The third-order valence-electron chi connectivity index (χ3n) is 4.67. The largest absolute Gasteiger partial charge is 0.397 e. The van der Waals surface area contributed by atoms with E-state index in [9.17, 15) is 0 Å². The van der Waals surface area contributed by atoms with Crippen LogP contribution in [-0.2, 0) is 15.3 Å². The second-order valence-electron chi connectivity index (χ2n) is 5.86. The molecular formula is C20H19O2Si. The lowest BCUT2D eigenvalue weighted by molar-refractivity contribution is 0.277. The minimum absolute atomic E-state index is 0.960. The minimum atomic E-state index is -1.15. The fraction of sp³-hybridized carbons (Fsp3) is 0.200. The van der Waals surface area contributed by atoms with Crippen LogP contribution in [0.2, 0.25) is 6.04 Å². The first-order valence-electron chi connectivity index (χ1n) is 7.91. The van der Waals surface area contributed by atoms with Gasteiger partial charge in [-0.3, -0.25) is 0 Å². The normalized spacial score (nSPS) is 12.1. The van der Waals surface area contributed by atoms with E-state index in [-0.39, 0.29) is 0 Å². The molecule has 0 amide bonds. The first kappa shape index (κ1) is 14.6. The summed E-state index contributed by atoms with van der Waals surface area (Å²) in [4.78, 5) is 0. The second kappa shape index (κ2) is 5.93. The highest BCUT2D eigenvalue weighted by molar-refractivity contribution is 6.44. The third kappa shape index (κ3) is 2.41. The monoisotopic (exact) mass is 319 g/mol. The van der Waals surface area contributed by atoms with E-state index < -0.39 is 9.28 Å². The molecule has 4 aromatic rings. The van der Waals surface area contributed by atoms with Crippen LogP contribution in [-0.4, -0.2) is 23.5 Å². The second-order valence-corrected chi connectivity index (χ2v) is 7.92. The Balaban J connectivity index is 1.89. The highest BCUT2D eigenvalue weighted by Crippen LogP contribution is 2.36. The molecule has 0 aliphatic carbocycles. The van der Waals surface area contributed by atoms with Gasteiger partial charge in [0.2, 0.25) is 0 Å². The number of rotatable bonds is 5. The molecule has 0 heterocycles. The minimum Gasteiger partial charge on any atom is -0.397 e. The smallest absolute Gasteiger partial charge is 0.384 e. The molecule has 0 atom stereocenters. The highest BCUT2D eigenvalue weighted by Gasteiger charge is 2.15. The van der Waals surface area contributed by atoms with E-state index in [1.165, 1.54) is 37.9 Å². The SMILES string of the molecule is CO[Si](CCc1ccc2ccc3cccc4ccc1c2c34)OC. The average molecular weight is 319 g/mol. The molecule has 0 aliphatic heterocycles. The predicted octanol–water partition coefficient (Wildman–Crippen LogP) is 4.91. The van der Waals surface area contributed by atoms with Crippen molar-refractivity contribution in [3.63, 3.8) is 0 Å². The van der Waals surface area contributed by atoms with Gasteiger partial charge in [-0.1, -0.05) is 54.6 Å². The summed E-state index contributed by atoms with van der Waals surface area (Å²) in [6.45, 7) is 0. The Kier molecular flexibility index (Phi) is 3.77. The molecule has 0 unspecified atom stereocenters. The Bertz CT molecular complexity index is 944. The molecule has 4 aromatic carbocycles. The quantitative estimate of drug-likeness (QED) is 0.384. The van der Waals surface area contributed by atoms with Crippen LogP contribution in [0.15, 0.2) is 54.6 Å². The van der Waals surface area contributed by atoms with Crippen molar-refractivity contribution in [2.75, 3.05) is 14.2 Å². The van der Waals surface area contributed by atoms with E-state index in [2.05, 4.69) is 54.6 Å². The van der Waals surface area contributed by atoms with Gasteiger partial charge in [0.25, 0.3) is 0 Å². The lowest BCUT2D eigenvalue weighted by atomic mass is 9.91. The van der Waals surface area contributed by atoms with Crippen LogP contribution in [0.25, 0.3) is 32.3 Å². The van der Waals surface area contributed by atoms with Gasteiger partial charge in [0, 0.05) is 14.2 Å². The van der Waals surface area contributed by atoms with Gasteiger partial charge in [0.15, 0.2) is 0 Å². The first-order valence-corrected chi connectivity index (χ1v) is 9.43. The average Bonchev–Trinajstić information content (AvgIpc) is 2.61. The summed E-state index contributed by atoms with van der Waals surface area (Å²) >= 11 is 0. The van der Waals surface area contributed by atoms with Crippen molar-refractivity contribution in [3.05, 3.63) is 60.2 Å². The zero-order chi connectivity index (χ0) is 15.8. The third-order valence-corrected chi connectivity index (χ3v) is 6.24. The highest BCUT2D eigenvalue weighted by atomic mass is 28.3. The Hall–Kier alpha value is -1.94. The zero-order valence-electron chi connectivity index (χ0n) is 13.4. The summed E-state index contributed by atoms with van der Waals surface area (Å²) in [7, 11) is 2.33. The van der Waals surface area contributed by atoms with Crippen LogP contribution >= 0.6 is 0 Å². The van der Waals surface area contributed by atoms with E-state index in [1.807, 2.05) is 0 Å². The molecule has 115 valence electrons. The van der Waals surface area contributed by atoms with Gasteiger partial charge in [0.1, 0.15) is 0 Å². The molecular weight excluding hydrogens is 300 g/mol. The molecule has 0 saturated heterocycles. The summed E-state index contributed by atoms with van der Waals surface area (Å²) in [5.74, 6) is 0. The van der Waals surface area contributed by atoms with Crippen LogP contribution in [0.4, 0.5) is 0 Å². The van der Waals surface area contributed by atoms with E-state index in [0.29, 0.717) is 0 Å². The van der Waals surface area contributed by atoms with Crippen LogP contribution in [0.1, 0.15) is 5.56 Å². The Morgan fingerprint density at radius 1 is 0.739 bits per heavy atom. The summed E-state index contributed by atoms with van der Waals surface area (Å²) in [5.41, 5.74) is 1.38. The van der Waals surface area contributed by atoms with Crippen LogP contribution < -0.4 is 0 Å². The maximum absolute atomic E-state index is 5.43. The number of aryl methyl sites for hydroxylation is 1. The van der Waals surface area contributed by atoms with Gasteiger partial charge >= 0.3 is 9.28 Å². The standard InChI is InChI=1S/C20H19O2Si/c1-21-23(22-2)13-12-14-6-7-17-9-8-15-4-3-5-16-10-11-18(14)20(17)19(15)16/h3-11H,12-13H2,1-2H3. The topological polar surface area (TPSA) is 18.5 Å². The van der Waals surface area contributed by atoms with Gasteiger partial charge in [-0.25, -0.2) is 0 Å². The summed E-state index contributed by atoms with van der Waals surface area (Å²) in [6, 6.07) is 21.0. The molecule has 0 saturated carbocycles. The molecule has 0 aromatic heterocycles. The van der Waals surface area contributed by atoms with Crippen molar-refractivity contribution in [3.8, 4) is 0 Å². The van der Waals surface area contributed by atoms with E-state index in [4.69, 9.17) is 8.85 Å². The van der Waals surface area contributed by atoms with E-state index in [0.717, 1.165) is 12.5 Å². The van der Waals surface area contributed by atoms with Gasteiger partial charge < -0.3 is 8.85 Å². The number of benzene rings is 4. The van der Waals surface area contributed by atoms with Crippen LogP contribution in [0.3, 0.4) is 0 Å². The van der Waals surface area contributed by atoms with Crippen LogP contribution in [0, 0.1) is 0 Å². The predicted molar refractivity (Wildman–Crippen MR) is 98.4 cm³/mol. The van der Waals surface area contributed by atoms with Gasteiger partial charge in [-0.05, 0) is 50.3 Å². The summed E-state index contributed by atoms with van der Waals surface area (Å²) < 4.78 is 10.9. The molecule has 3 heteroatoms. The summed E-state index contributed by atoms with van der Waals surface area (Å²) in [6.07, 6.45) is 0.990. The Labute approximate surface area is 137 Å². The van der Waals surface area contributed by atoms with E-state index in [1.54, 1.807) is 14.2 Å². The lowest BCUT2D eigenvalue weighted by Crippen LogP contribution is -2.19. The van der Waals surface area contributed by atoms with Crippen molar-refractivity contribution >= 4 is 41.6 Å². The zero-order valence-corrected chi connectivity index (χ0v) is 14.4. The van der Waals surface area contributed by atoms with Gasteiger partial charge in [0.05, 0.1) is 0 Å². The first-order chi connectivity index (χ1) is 11.3. The molecule has 1 radical (unpaired) electrons. The Morgan fingerprint density at radius 2 is 1.35 bits per heavy atom. The molecule has 0 aliphatic rings. The molecule has 2 nitrogen and oxygen atoms in total.